The van der Waals surface area contributed by atoms with Crippen molar-refractivity contribution in [1.29, 1.82) is 0 Å². The Kier molecular flexibility index (Phi) is 8.64. The normalized spacial score (nSPS) is 20.2. The molecule has 1 aliphatic rings. The van der Waals surface area contributed by atoms with Gasteiger partial charge in [0.05, 0.1) is 18.9 Å². The fraction of sp³-hybridized carbons (Fsp3) is 0.500. The van der Waals surface area contributed by atoms with E-state index in [-0.39, 0.29) is 12.5 Å². The van der Waals surface area contributed by atoms with Crippen molar-refractivity contribution in [3.8, 4) is 5.75 Å². The van der Waals surface area contributed by atoms with E-state index in [2.05, 4.69) is 9.88 Å². The average molecular weight is 473 g/mol. The summed E-state index contributed by atoms with van der Waals surface area (Å²) in [6.45, 7) is 3.11. The predicted octanol–water partition coefficient (Wildman–Crippen LogP) is 5.74. The number of halogens is 1. The van der Waals surface area contributed by atoms with Crippen LogP contribution >= 0.6 is 11.8 Å². The summed E-state index contributed by atoms with van der Waals surface area (Å²) in [4.78, 5) is 7.98. The maximum absolute atomic E-state index is 15.3. The van der Waals surface area contributed by atoms with E-state index in [1.807, 2.05) is 36.0 Å². The first-order chi connectivity index (χ1) is 16.2. The number of furan rings is 1. The summed E-state index contributed by atoms with van der Waals surface area (Å²) in [5.74, 6) is 2.33. The van der Waals surface area contributed by atoms with Gasteiger partial charge in [0, 0.05) is 29.6 Å². The van der Waals surface area contributed by atoms with E-state index in [0.717, 1.165) is 55.6 Å². The number of likely N-dealkylation sites (tertiary alicyclic amines) is 1. The Balaban J connectivity index is 1.27. The van der Waals surface area contributed by atoms with Crippen LogP contribution in [0.2, 0.25) is 0 Å². The molecule has 0 aliphatic carbocycles. The molecule has 7 heteroatoms. The van der Waals surface area contributed by atoms with Crippen molar-refractivity contribution in [2.75, 3.05) is 39.1 Å². The van der Waals surface area contributed by atoms with Crippen molar-refractivity contribution in [2.24, 2.45) is 11.8 Å². The van der Waals surface area contributed by atoms with Gasteiger partial charge in [-0.25, -0.2) is 4.39 Å². The van der Waals surface area contributed by atoms with E-state index in [1.54, 1.807) is 31.9 Å². The number of aliphatic hydroxyl groups is 1. The lowest BCUT2D eigenvalue weighted by Crippen LogP contribution is -2.42. The Bertz CT molecular complexity index is 1000. The third-order valence-corrected chi connectivity index (χ3v) is 7.76. The van der Waals surface area contributed by atoms with Crippen LogP contribution in [0.3, 0.4) is 0 Å². The number of ether oxygens (including phenoxy) is 1. The maximum Gasteiger partial charge on any atom is 0.126 e. The number of thioether (sulfide) groups is 1. The highest BCUT2D eigenvalue weighted by Gasteiger charge is 2.29. The molecule has 0 spiro atoms. The van der Waals surface area contributed by atoms with Gasteiger partial charge < -0.3 is 19.2 Å². The van der Waals surface area contributed by atoms with E-state index in [0.29, 0.717) is 23.7 Å². The van der Waals surface area contributed by atoms with Crippen LogP contribution in [-0.4, -0.2) is 54.1 Å². The van der Waals surface area contributed by atoms with Gasteiger partial charge >= 0.3 is 0 Å². The zero-order valence-corrected chi connectivity index (χ0v) is 20.0. The van der Waals surface area contributed by atoms with E-state index in [9.17, 15) is 5.11 Å². The van der Waals surface area contributed by atoms with Gasteiger partial charge in [0.15, 0.2) is 0 Å². The summed E-state index contributed by atoms with van der Waals surface area (Å²) in [5.41, 5.74) is 1.45. The Labute approximate surface area is 199 Å². The van der Waals surface area contributed by atoms with Gasteiger partial charge in [-0.05, 0) is 92.3 Å². The van der Waals surface area contributed by atoms with Crippen LogP contribution in [0.4, 0.5) is 4.39 Å². The SMILES string of the molecule is COc1ccc2nccc([C@@H](F)CC[C@@H]3CCN(CCCSc4ccoc4)C[C@@H]3CO)c2c1. The Hall–Kier alpha value is -2.09. The minimum absolute atomic E-state index is 0.164. The van der Waals surface area contributed by atoms with Gasteiger partial charge in [0.25, 0.3) is 0 Å². The van der Waals surface area contributed by atoms with E-state index in [4.69, 9.17) is 9.15 Å². The number of benzene rings is 1. The number of rotatable bonds is 11. The van der Waals surface area contributed by atoms with Crippen LogP contribution < -0.4 is 4.74 Å². The number of methoxy groups -OCH3 is 1. The average Bonchev–Trinajstić information content (AvgIpc) is 3.38. The molecule has 178 valence electrons. The zero-order valence-electron chi connectivity index (χ0n) is 19.2. The van der Waals surface area contributed by atoms with Gasteiger partial charge in [-0.1, -0.05) is 0 Å². The molecule has 1 N–H and O–H groups in total. The van der Waals surface area contributed by atoms with Crippen molar-refractivity contribution < 1.29 is 18.7 Å². The molecule has 5 nitrogen and oxygen atoms in total. The predicted molar refractivity (Wildman–Crippen MR) is 131 cm³/mol. The van der Waals surface area contributed by atoms with Gasteiger partial charge in [-0.2, -0.15) is 0 Å². The lowest BCUT2D eigenvalue weighted by Gasteiger charge is -2.38. The molecular formula is C26H33FN2O3S. The molecule has 0 unspecified atom stereocenters. The molecule has 3 atom stereocenters. The topological polar surface area (TPSA) is 58.7 Å². The van der Waals surface area contributed by atoms with Crippen LogP contribution in [0.5, 0.6) is 5.75 Å². The monoisotopic (exact) mass is 472 g/mol. The van der Waals surface area contributed by atoms with Gasteiger partial charge in [0.2, 0.25) is 0 Å². The second kappa shape index (κ2) is 11.9. The number of hydrogen-bond donors (Lipinski definition) is 1. The molecule has 0 bridgehead atoms. The second-order valence-corrected chi connectivity index (χ2v) is 9.95. The summed E-state index contributed by atoms with van der Waals surface area (Å²) < 4.78 is 25.8. The highest BCUT2D eigenvalue weighted by atomic mass is 32.2. The Morgan fingerprint density at radius 1 is 1.30 bits per heavy atom. The van der Waals surface area contributed by atoms with Crippen molar-refractivity contribution in [1.82, 2.24) is 9.88 Å². The van der Waals surface area contributed by atoms with Crippen molar-refractivity contribution in [3.05, 3.63) is 54.6 Å². The van der Waals surface area contributed by atoms with Crippen molar-refractivity contribution >= 4 is 22.7 Å². The third-order valence-electron chi connectivity index (χ3n) is 6.70. The zero-order chi connectivity index (χ0) is 23.0. The number of fused-ring (bicyclic) bond motifs is 1. The highest BCUT2D eigenvalue weighted by Crippen LogP contribution is 2.35. The fourth-order valence-electron chi connectivity index (χ4n) is 4.82. The number of alkyl halides is 1. The smallest absolute Gasteiger partial charge is 0.126 e. The van der Waals surface area contributed by atoms with Crippen molar-refractivity contribution in [2.45, 2.75) is 36.8 Å². The first-order valence-electron chi connectivity index (χ1n) is 11.7. The number of aromatic nitrogens is 1. The molecule has 0 saturated carbocycles. The van der Waals surface area contributed by atoms with E-state index in [1.165, 1.54) is 4.90 Å². The standard InChI is InChI=1S/C26H33FN2O3S/c1-31-21-4-6-26-24(15-21)23(7-10-28-26)25(27)5-3-19-8-12-29(16-20(19)17-30)11-2-14-33-22-9-13-32-18-22/h4,6-7,9-10,13,15,18-20,25,30H,2-3,5,8,11-12,14,16-17H2,1H3/t19-,20-,25+/m1/s1. The number of aliphatic hydroxyl groups excluding tert-OH is 1. The minimum Gasteiger partial charge on any atom is -0.497 e. The first kappa shape index (κ1) is 24.0. The summed E-state index contributed by atoms with van der Waals surface area (Å²) in [6, 6.07) is 9.35. The fourth-order valence-corrected chi connectivity index (χ4v) is 5.61. The van der Waals surface area contributed by atoms with Crippen LogP contribution in [0, 0.1) is 11.8 Å². The molecule has 0 amide bonds. The van der Waals surface area contributed by atoms with Crippen LogP contribution in [0.1, 0.15) is 37.4 Å². The number of nitrogens with zero attached hydrogens (tertiary/aromatic N) is 2. The third kappa shape index (κ3) is 6.28. The first-order valence-corrected chi connectivity index (χ1v) is 12.7. The largest absolute Gasteiger partial charge is 0.497 e. The molecular weight excluding hydrogens is 439 g/mol. The summed E-state index contributed by atoms with van der Waals surface area (Å²) in [7, 11) is 1.61. The summed E-state index contributed by atoms with van der Waals surface area (Å²) in [5, 5.41) is 10.8. The molecule has 1 saturated heterocycles. The molecule has 1 fully saturated rings. The molecule has 2 aromatic heterocycles. The van der Waals surface area contributed by atoms with Gasteiger partial charge in [-0.15, -0.1) is 11.8 Å². The van der Waals surface area contributed by atoms with Gasteiger partial charge in [-0.3, -0.25) is 4.98 Å². The molecule has 33 heavy (non-hydrogen) atoms. The summed E-state index contributed by atoms with van der Waals surface area (Å²) >= 11 is 1.81. The van der Waals surface area contributed by atoms with Gasteiger partial charge in [0.1, 0.15) is 18.2 Å². The second-order valence-electron chi connectivity index (χ2n) is 8.78. The number of pyridine rings is 1. The lowest BCUT2D eigenvalue weighted by molar-refractivity contribution is 0.0640. The quantitative estimate of drug-likeness (QED) is 0.284. The van der Waals surface area contributed by atoms with Crippen molar-refractivity contribution in [3.63, 3.8) is 0 Å². The molecule has 1 aromatic carbocycles. The molecule has 0 radical (unpaired) electrons. The lowest BCUT2D eigenvalue weighted by atomic mass is 9.81. The Morgan fingerprint density at radius 3 is 3.00 bits per heavy atom. The van der Waals surface area contributed by atoms with Crippen LogP contribution in [-0.2, 0) is 0 Å². The molecule has 3 aromatic rings. The Morgan fingerprint density at radius 2 is 2.21 bits per heavy atom. The minimum atomic E-state index is -1.06. The summed E-state index contributed by atoms with van der Waals surface area (Å²) in [6.07, 6.45) is 7.46. The molecule has 4 rings (SSSR count). The van der Waals surface area contributed by atoms with E-state index < -0.39 is 6.17 Å². The highest BCUT2D eigenvalue weighted by molar-refractivity contribution is 7.99. The number of piperidine rings is 1. The number of hydrogen-bond acceptors (Lipinski definition) is 6. The molecule has 3 heterocycles. The maximum atomic E-state index is 15.3. The van der Waals surface area contributed by atoms with Crippen LogP contribution in [0.15, 0.2) is 58.4 Å². The van der Waals surface area contributed by atoms with E-state index >= 15 is 4.39 Å². The molecule has 1 aliphatic heterocycles. The van der Waals surface area contributed by atoms with Crippen LogP contribution in [0.25, 0.3) is 10.9 Å².